The molecule has 1 amide bonds. The van der Waals surface area contributed by atoms with E-state index in [1.165, 1.54) is 4.90 Å². The molecule has 2 unspecified atom stereocenters. The van der Waals surface area contributed by atoms with Crippen molar-refractivity contribution in [3.8, 4) is 0 Å². The second-order valence-corrected chi connectivity index (χ2v) is 6.10. The van der Waals surface area contributed by atoms with Gasteiger partial charge in [-0.1, -0.05) is 13.8 Å². The highest BCUT2D eigenvalue weighted by atomic mass is 19.4. The molecule has 2 rings (SSSR count). The van der Waals surface area contributed by atoms with Crippen LogP contribution in [0.5, 0.6) is 0 Å². The number of carbonyl (C=O) groups excluding carboxylic acids is 1. The third-order valence-electron chi connectivity index (χ3n) is 3.77. The maximum atomic E-state index is 12.3. The van der Waals surface area contributed by atoms with Crippen LogP contribution in [0.25, 0.3) is 0 Å². The number of aliphatic hydroxyl groups is 1. The van der Waals surface area contributed by atoms with Gasteiger partial charge in [-0.05, 0) is 18.4 Å². The van der Waals surface area contributed by atoms with Gasteiger partial charge in [-0.25, -0.2) is 0 Å². The Labute approximate surface area is 132 Å². The number of nitrogens with one attached hydrogen (secondary N) is 2. The highest BCUT2D eigenvalue weighted by molar-refractivity contribution is 5.92. The summed E-state index contributed by atoms with van der Waals surface area (Å²) in [7, 11) is 0. The summed E-state index contributed by atoms with van der Waals surface area (Å²) in [6.45, 7) is 4.61. The molecule has 2 heterocycles. The SMILES string of the molecule is CC(C)c1cc(C(=O)N2CCC(NC(O)CC(F)(F)F)C2)n[nH]1. The van der Waals surface area contributed by atoms with Crippen molar-refractivity contribution in [2.75, 3.05) is 13.1 Å². The Kier molecular flexibility index (Phi) is 5.30. The van der Waals surface area contributed by atoms with Crippen molar-refractivity contribution in [2.24, 2.45) is 0 Å². The van der Waals surface area contributed by atoms with E-state index in [-0.39, 0.29) is 24.4 Å². The van der Waals surface area contributed by atoms with E-state index < -0.39 is 18.8 Å². The lowest BCUT2D eigenvalue weighted by Gasteiger charge is -2.20. The number of aliphatic hydroxyl groups excluding tert-OH is 1. The first-order valence-electron chi connectivity index (χ1n) is 7.51. The van der Waals surface area contributed by atoms with Crippen LogP contribution in [-0.4, -0.2) is 57.6 Å². The molecule has 0 aromatic carbocycles. The van der Waals surface area contributed by atoms with Crippen LogP contribution in [0.1, 0.15) is 48.8 Å². The zero-order valence-electron chi connectivity index (χ0n) is 13.0. The number of hydrogen-bond donors (Lipinski definition) is 3. The number of carbonyl (C=O) groups is 1. The first kappa shape index (κ1) is 17.7. The van der Waals surface area contributed by atoms with Gasteiger partial charge in [0.15, 0.2) is 0 Å². The molecule has 6 nitrogen and oxygen atoms in total. The lowest BCUT2D eigenvalue weighted by atomic mass is 10.1. The molecule has 1 aromatic rings. The molecule has 1 fully saturated rings. The summed E-state index contributed by atoms with van der Waals surface area (Å²) < 4.78 is 36.6. The smallest absolute Gasteiger partial charge is 0.378 e. The van der Waals surface area contributed by atoms with Crippen molar-refractivity contribution in [2.45, 2.75) is 51.1 Å². The minimum absolute atomic E-state index is 0.217. The van der Waals surface area contributed by atoms with Gasteiger partial charge >= 0.3 is 6.18 Å². The van der Waals surface area contributed by atoms with Crippen LogP contribution in [-0.2, 0) is 0 Å². The van der Waals surface area contributed by atoms with E-state index in [1.807, 2.05) is 13.8 Å². The summed E-state index contributed by atoms with van der Waals surface area (Å²) in [5.41, 5.74) is 1.15. The Morgan fingerprint density at radius 2 is 2.26 bits per heavy atom. The molecule has 1 saturated heterocycles. The van der Waals surface area contributed by atoms with Gasteiger partial charge in [-0.3, -0.25) is 15.2 Å². The normalized spacial score (nSPS) is 20.3. The summed E-state index contributed by atoms with van der Waals surface area (Å²) >= 11 is 0. The predicted molar refractivity (Wildman–Crippen MR) is 76.8 cm³/mol. The van der Waals surface area contributed by atoms with Gasteiger partial charge in [0.2, 0.25) is 0 Å². The van der Waals surface area contributed by atoms with Crippen LogP contribution in [0.3, 0.4) is 0 Å². The van der Waals surface area contributed by atoms with Gasteiger partial charge in [0.25, 0.3) is 5.91 Å². The molecule has 1 aliphatic rings. The Morgan fingerprint density at radius 1 is 1.57 bits per heavy atom. The van der Waals surface area contributed by atoms with Crippen LogP contribution in [0.15, 0.2) is 6.07 Å². The number of halogens is 3. The molecule has 130 valence electrons. The van der Waals surface area contributed by atoms with Gasteiger partial charge in [-0.15, -0.1) is 0 Å². The molecular formula is C14H21F3N4O2. The molecule has 3 N–H and O–H groups in total. The second kappa shape index (κ2) is 6.88. The number of aromatic amines is 1. The third kappa shape index (κ3) is 4.93. The van der Waals surface area contributed by atoms with Gasteiger partial charge in [0, 0.05) is 24.8 Å². The highest BCUT2D eigenvalue weighted by Gasteiger charge is 2.34. The fraction of sp³-hybridized carbons (Fsp3) is 0.714. The maximum absolute atomic E-state index is 12.3. The molecule has 0 bridgehead atoms. The lowest BCUT2D eigenvalue weighted by molar-refractivity contribution is -0.157. The number of likely N-dealkylation sites (tertiary alicyclic amines) is 1. The lowest BCUT2D eigenvalue weighted by Crippen LogP contribution is -2.42. The Morgan fingerprint density at radius 3 is 2.83 bits per heavy atom. The van der Waals surface area contributed by atoms with E-state index in [4.69, 9.17) is 0 Å². The molecule has 0 aliphatic carbocycles. The Bertz CT molecular complexity index is 544. The monoisotopic (exact) mass is 334 g/mol. The number of nitrogens with zero attached hydrogens (tertiary/aromatic N) is 2. The number of alkyl halides is 3. The summed E-state index contributed by atoms with van der Waals surface area (Å²) in [6, 6.07) is 1.33. The first-order chi connectivity index (χ1) is 10.7. The van der Waals surface area contributed by atoms with E-state index in [0.717, 1.165) is 5.69 Å². The van der Waals surface area contributed by atoms with Crippen molar-refractivity contribution >= 4 is 5.91 Å². The van der Waals surface area contributed by atoms with Gasteiger partial charge in [-0.2, -0.15) is 18.3 Å². The second-order valence-electron chi connectivity index (χ2n) is 6.10. The summed E-state index contributed by atoms with van der Waals surface area (Å²) in [5.74, 6) is -0.0441. The van der Waals surface area contributed by atoms with Crippen molar-refractivity contribution in [1.29, 1.82) is 0 Å². The summed E-state index contributed by atoms with van der Waals surface area (Å²) in [5, 5.41) is 18.7. The Balaban J connectivity index is 1.87. The molecule has 0 spiro atoms. The molecule has 2 atom stereocenters. The zero-order valence-corrected chi connectivity index (χ0v) is 13.0. The van der Waals surface area contributed by atoms with Crippen LogP contribution >= 0.6 is 0 Å². The zero-order chi connectivity index (χ0) is 17.2. The van der Waals surface area contributed by atoms with Gasteiger partial charge < -0.3 is 10.0 Å². The average molecular weight is 334 g/mol. The highest BCUT2D eigenvalue weighted by Crippen LogP contribution is 2.22. The average Bonchev–Trinajstić information content (AvgIpc) is 3.03. The van der Waals surface area contributed by atoms with Crippen molar-refractivity contribution in [3.05, 3.63) is 17.5 Å². The maximum Gasteiger partial charge on any atom is 0.392 e. The summed E-state index contributed by atoms with van der Waals surface area (Å²) in [4.78, 5) is 13.8. The quantitative estimate of drug-likeness (QED) is 0.715. The predicted octanol–water partition coefficient (Wildman–Crippen LogP) is 1.61. The fourth-order valence-electron chi connectivity index (χ4n) is 2.53. The van der Waals surface area contributed by atoms with E-state index in [2.05, 4.69) is 15.5 Å². The van der Waals surface area contributed by atoms with E-state index in [1.54, 1.807) is 6.07 Å². The van der Waals surface area contributed by atoms with E-state index >= 15 is 0 Å². The Hall–Kier alpha value is -1.61. The van der Waals surface area contributed by atoms with Crippen molar-refractivity contribution in [1.82, 2.24) is 20.4 Å². The third-order valence-corrected chi connectivity index (χ3v) is 3.77. The van der Waals surface area contributed by atoms with E-state index in [0.29, 0.717) is 18.7 Å². The molecule has 0 radical (unpaired) electrons. The van der Waals surface area contributed by atoms with Crippen molar-refractivity contribution in [3.63, 3.8) is 0 Å². The molecule has 23 heavy (non-hydrogen) atoms. The number of rotatable bonds is 5. The molecule has 1 aliphatic heterocycles. The standard InChI is InChI=1S/C14H21F3N4O2/c1-8(2)10-5-11(20-19-10)13(23)21-4-3-9(7-21)18-12(22)6-14(15,16)17/h5,8-9,12,18,22H,3-4,6-7H2,1-2H3,(H,19,20). The number of aromatic nitrogens is 2. The summed E-state index contributed by atoms with van der Waals surface area (Å²) in [6.07, 6.45) is -6.91. The molecular weight excluding hydrogens is 313 g/mol. The molecule has 9 heteroatoms. The van der Waals surface area contributed by atoms with Crippen molar-refractivity contribution < 1.29 is 23.1 Å². The van der Waals surface area contributed by atoms with Crippen LogP contribution < -0.4 is 5.32 Å². The number of hydrogen-bond acceptors (Lipinski definition) is 4. The topological polar surface area (TPSA) is 81.2 Å². The minimum atomic E-state index is -4.43. The molecule has 0 saturated carbocycles. The number of H-pyrrole nitrogens is 1. The minimum Gasteiger partial charge on any atom is -0.378 e. The van der Waals surface area contributed by atoms with Crippen LogP contribution in [0.4, 0.5) is 13.2 Å². The molecule has 1 aromatic heterocycles. The van der Waals surface area contributed by atoms with E-state index in [9.17, 15) is 23.1 Å². The fourth-order valence-corrected chi connectivity index (χ4v) is 2.53. The largest absolute Gasteiger partial charge is 0.392 e. The first-order valence-corrected chi connectivity index (χ1v) is 7.51. The number of amides is 1. The van der Waals surface area contributed by atoms with Gasteiger partial charge in [0.05, 0.1) is 6.42 Å². The van der Waals surface area contributed by atoms with Crippen LogP contribution in [0.2, 0.25) is 0 Å². The van der Waals surface area contributed by atoms with Gasteiger partial charge in [0.1, 0.15) is 11.9 Å². The van der Waals surface area contributed by atoms with Crippen LogP contribution in [0, 0.1) is 0 Å².